The van der Waals surface area contributed by atoms with Gasteiger partial charge in [0.25, 0.3) is 0 Å². The average molecular weight is 244 g/mol. The third-order valence-electron chi connectivity index (χ3n) is 3.46. The smallest absolute Gasteiger partial charge is 0.0670 e. The van der Waals surface area contributed by atoms with Crippen LogP contribution in [0.2, 0.25) is 0 Å². The summed E-state index contributed by atoms with van der Waals surface area (Å²) in [6.45, 7) is 10.9. The summed E-state index contributed by atoms with van der Waals surface area (Å²) in [7, 11) is 4.00. The Bertz CT molecular complexity index is 170. The van der Waals surface area contributed by atoms with E-state index in [0.29, 0.717) is 18.2 Å². The van der Waals surface area contributed by atoms with Crippen molar-refractivity contribution in [2.24, 2.45) is 0 Å². The maximum absolute atomic E-state index is 5.35. The molecule has 0 heterocycles. The summed E-state index contributed by atoms with van der Waals surface area (Å²) >= 11 is 0. The Hall–Kier alpha value is -0.120. The Labute approximate surface area is 108 Å². The number of nitrogens with one attached hydrogen (secondary N) is 1. The van der Waals surface area contributed by atoms with E-state index in [1.807, 2.05) is 0 Å². The lowest BCUT2D eigenvalue weighted by atomic mass is 9.99. The predicted octanol–water partition coefficient (Wildman–Crippen LogP) is 2.51. The van der Waals surface area contributed by atoms with Crippen LogP contribution in [0.5, 0.6) is 0 Å². The van der Waals surface area contributed by atoms with Gasteiger partial charge in [0.15, 0.2) is 0 Å². The monoisotopic (exact) mass is 244 g/mol. The standard InChI is InChI=1S/C14H32N2O/c1-7-10-13(15-9-3)14(8-2)16(5)11-12(4)17-6/h12-15H,7-11H2,1-6H3. The quantitative estimate of drug-likeness (QED) is 0.639. The lowest BCUT2D eigenvalue weighted by molar-refractivity contribution is 0.0616. The summed E-state index contributed by atoms with van der Waals surface area (Å²) in [6, 6.07) is 1.21. The molecule has 104 valence electrons. The van der Waals surface area contributed by atoms with Crippen LogP contribution in [0.15, 0.2) is 0 Å². The molecule has 0 amide bonds. The Morgan fingerprint density at radius 1 is 1.24 bits per heavy atom. The highest BCUT2D eigenvalue weighted by Crippen LogP contribution is 2.13. The van der Waals surface area contributed by atoms with Crippen LogP contribution >= 0.6 is 0 Å². The van der Waals surface area contributed by atoms with Gasteiger partial charge in [-0.15, -0.1) is 0 Å². The first kappa shape index (κ1) is 16.9. The molecule has 3 nitrogen and oxygen atoms in total. The highest BCUT2D eigenvalue weighted by Gasteiger charge is 2.23. The van der Waals surface area contributed by atoms with Gasteiger partial charge < -0.3 is 10.1 Å². The van der Waals surface area contributed by atoms with Crippen LogP contribution in [0.4, 0.5) is 0 Å². The van der Waals surface area contributed by atoms with Crippen molar-refractivity contribution in [2.75, 3.05) is 27.2 Å². The molecule has 17 heavy (non-hydrogen) atoms. The lowest BCUT2D eigenvalue weighted by Gasteiger charge is -2.35. The van der Waals surface area contributed by atoms with E-state index in [4.69, 9.17) is 4.74 Å². The molecular formula is C14H32N2O. The molecule has 3 atom stereocenters. The summed E-state index contributed by atoms with van der Waals surface area (Å²) in [5.41, 5.74) is 0. The van der Waals surface area contributed by atoms with Crippen LogP contribution in [0.3, 0.4) is 0 Å². The Balaban J connectivity index is 4.41. The normalized spacial score (nSPS) is 17.1. The van der Waals surface area contributed by atoms with Crippen molar-refractivity contribution >= 4 is 0 Å². The molecule has 0 saturated carbocycles. The van der Waals surface area contributed by atoms with Crippen molar-refractivity contribution in [2.45, 2.75) is 65.1 Å². The van der Waals surface area contributed by atoms with Crippen LogP contribution in [-0.4, -0.2) is 50.3 Å². The van der Waals surface area contributed by atoms with Crippen molar-refractivity contribution in [3.8, 4) is 0 Å². The van der Waals surface area contributed by atoms with Crippen molar-refractivity contribution in [3.05, 3.63) is 0 Å². The zero-order chi connectivity index (χ0) is 13.3. The van der Waals surface area contributed by atoms with E-state index in [1.54, 1.807) is 7.11 Å². The first-order valence-corrected chi connectivity index (χ1v) is 7.06. The average Bonchev–Trinajstić information content (AvgIpc) is 2.30. The maximum atomic E-state index is 5.35. The fourth-order valence-electron chi connectivity index (χ4n) is 2.52. The Morgan fingerprint density at radius 3 is 2.29 bits per heavy atom. The molecule has 0 rings (SSSR count). The molecule has 0 radical (unpaired) electrons. The van der Waals surface area contributed by atoms with E-state index >= 15 is 0 Å². The molecule has 0 aliphatic carbocycles. The van der Waals surface area contributed by atoms with E-state index in [-0.39, 0.29) is 0 Å². The van der Waals surface area contributed by atoms with Crippen molar-refractivity contribution in [1.29, 1.82) is 0 Å². The Morgan fingerprint density at radius 2 is 1.88 bits per heavy atom. The van der Waals surface area contributed by atoms with Crippen molar-refractivity contribution in [1.82, 2.24) is 10.2 Å². The minimum atomic E-state index is 0.304. The first-order valence-electron chi connectivity index (χ1n) is 7.06. The van der Waals surface area contributed by atoms with Gasteiger partial charge in [-0.2, -0.15) is 0 Å². The molecule has 0 bridgehead atoms. The molecule has 0 aromatic heterocycles. The number of hydrogen-bond donors (Lipinski definition) is 1. The summed E-state index contributed by atoms with van der Waals surface area (Å²) in [5.74, 6) is 0. The van der Waals surface area contributed by atoms with E-state index in [2.05, 4.69) is 45.0 Å². The zero-order valence-electron chi connectivity index (χ0n) is 12.6. The second kappa shape index (κ2) is 9.86. The van der Waals surface area contributed by atoms with Gasteiger partial charge in [-0.3, -0.25) is 4.90 Å². The second-order valence-electron chi connectivity index (χ2n) is 4.91. The highest BCUT2D eigenvalue weighted by molar-refractivity contribution is 4.82. The summed E-state index contributed by atoms with van der Waals surface area (Å²) in [6.07, 6.45) is 3.97. The lowest BCUT2D eigenvalue weighted by Crippen LogP contribution is -2.50. The van der Waals surface area contributed by atoms with Crippen LogP contribution in [0.25, 0.3) is 0 Å². The molecule has 0 aromatic rings. The first-order chi connectivity index (χ1) is 8.10. The zero-order valence-corrected chi connectivity index (χ0v) is 12.6. The number of ether oxygens (including phenoxy) is 1. The van der Waals surface area contributed by atoms with E-state index < -0.39 is 0 Å². The van der Waals surface area contributed by atoms with Crippen molar-refractivity contribution in [3.63, 3.8) is 0 Å². The van der Waals surface area contributed by atoms with E-state index in [1.165, 1.54) is 19.3 Å². The second-order valence-corrected chi connectivity index (χ2v) is 4.91. The largest absolute Gasteiger partial charge is 0.380 e. The minimum absolute atomic E-state index is 0.304. The number of likely N-dealkylation sites (N-methyl/N-ethyl adjacent to an activating group) is 2. The molecule has 0 aliphatic heterocycles. The molecule has 1 N–H and O–H groups in total. The fourth-order valence-corrected chi connectivity index (χ4v) is 2.52. The van der Waals surface area contributed by atoms with Gasteiger partial charge in [-0.1, -0.05) is 27.2 Å². The number of hydrogen-bond acceptors (Lipinski definition) is 3. The third-order valence-corrected chi connectivity index (χ3v) is 3.46. The fraction of sp³-hybridized carbons (Fsp3) is 1.00. The topological polar surface area (TPSA) is 24.5 Å². The highest BCUT2D eigenvalue weighted by atomic mass is 16.5. The van der Waals surface area contributed by atoms with Gasteiger partial charge >= 0.3 is 0 Å². The minimum Gasteiger partial charge on any atom is -0.380 e. The third kappa shape index (κ3) is 6.39. The summed E-state index contributed by atoms with van der Waals surface area (Å²) < 4.78 is 5.35. The van der Waals surface area contributed by atoms with E-state index in [9.17, 15) is 0 Å². The summed E-state index contributed by atoms with van der Waals surface area (Å²) in [5, 5.41) is 3.62. The number of nitrogens with zero attached hydrogens (tertiary/aromatic N) is 1. The van der Waals surface area contributed by atoms with Crippen LogP contribution in [0, 0.1) is 0 Å². The van der Waals surface area contributed by atoms with Gasteiger partial charge in [0.2, 0.25) is 0 Å². The van der Waals surface area contributed by atoms with Gasteiger partial charge in [0, 0.05) is 25.7 Å². The van der Waals surface area contributed by atoms with Crippen LogP contribution in [-0.2, 0) is 4.74 Å². The van der Waals surface area contributed by atoms with Gasteiger partial charge in [0.1, 0.15) is 0 Å². The molecule has 3 unspecified atom stereocenters. The van der Waals surface area contributed by atoms with Crippen LogP contribution in [0.1, 0.15) is 47.0 Å². The molecular weight excluding hydrogens is 212 g/mol. The molecule has 0 spiro atoms. The molecule has 0 fully saturated rings. The van der Waals surface area contributed by atoms with Crippen molar-refractivity contribution < 1.29 is 4.74 Å². The molecule has 0 aliphatic rings. The number of methoxy groups -OCH3 is 1. The molecule has 0 aromatic carbocycles. The van der Waals surface area contributed by atoms with Gasteiger partial charge in [0.05, 0.1) is 6.10 Å². The molecule has 0 saturated heterocycles. The van der Waals surface area contributed by atoms with Gasteiger partial charge in [-0.25, -0.2) is 0 Å². The summed E-state index contributed by atoms with van der Waals surface area (Å²) in [4.78, 5) is 2.44. The SMILES string of the molecule is CCCC(NCC)C(CC)N(C)CC(C)OC. The van der Waals surface area contributed by atoms with Gasteiger partial charge in [-0.05, 0) is 33.4 Å². The Kier molecular flexibility index (Phi) is 9.79. The predicted molar refractivity (Wildman–Crippen MR) is 75.6 cm³/mol. The maximum Gasteiger partial charge on any atom is 0.0670 e. The number of rotatable bonds is 10. The van der Waals surface area contributed by atoms with Crippen LogP contribution < -0.4 is 5.32 Å². The molecule has 3 heteroatoms. The van der Waals surface area contributed by atoms with E-state index in [0.717, 1.165) is 13.1 Å².